The Bertz CT molecular complexity index is 585. The van der Waals surface area contributed by atoms with E-state index in [0.29, 0.717) is 17.2 Å². The molecule has 1 saturated carbocycles. The van der Waals surface area contributed by atoms with Gasteiger partial charge in [0.25, 0.3) is 0 Å². The van der Waals surface area contributed by atoms with Crippen LogP contribution in [0.15, 0.2) is 23.1 Å². The van der Waals surface area contributed by atoms with E-state index < -0.39 is 10.0 Å². The molecule has 1 aliphatic carbocycles. The molecule has 0 radical (unpaired) electrons. The van der Waals surface area contributed by atoms with Gasteiger partial charge in [-0.05, 0) is 36.5 Å². The standard InChI is InChI=1S/C15H23NO4S/c1-11-4-3-5-13(8-11)16-21(18,19)15-9-12(10-17)6-7-14(15)20-2/h6-7,9,11,13,16-17H,3-5,8,10H2,1-2H3. The van der Waals surface area contributed by atoms with Crippen molar-refractivity contribution in [1.82, 2.24) is 4.72 Å². The van der Waals surface area contributed by atoms with Crippen molar-refractivity contribution in [3.8, 4) is 5.75 Å². The summed E-state index contributed by atoms with van der Waals surface area (Å²) in [5, 5.41) is 9.19. The predicted molar refractivity (Wildman–Crippen MR) is 80.7 cm³/mol. The molecule has 0 amide bonds. The monoisotopic (exact) mass is 313 g/mol. The van der Waals surface area contributed by atoms with Gasteiger partial charge in [-0.25, -0.2) is 13.1 Å². The zero-order valence-corrected chi connectivity index (χ0v) is 13.3. The summed E-state index contributed by atoms with van der Waals surface area (Å²) in [7, 11) is -2.20. The molecule has 2 rings (SSSR count). The highest BCUT2D eigenvalue weighted by Crippen LogP contribution is 2.28. The molecule has 0 aromatic heterocycles. The quantitative estimate of drug-likeness (QED) is 0.872. The number of benzene rings is 1. The molecule has 5 nitrogen and oxygen atoms in total. The molecular formula is C15H23NO4S. The molecule has 1 aliphatic rings. The van der Waals surface area contributed by atoms with Crippen LogP contribution >= 0.6 is 0 Å². The second kappa shape index (κ2) is 6.77. The minimum absolute atomic E-state index is 0.0266. The number of nitrogens with one attached hydrogen (secondary N) is 1. The molecular weight excluding hydrogens is 290 g/mol. The average Bonchev–Trinajstić information content (AvgIpc) is 2.46. The molecule has 2 N–H and O–H groups in total. The minimum atomic E-state index is -3.64. The number of hydrogen-bond donors (Lipinski definition) is 2. The maximum absolute atomic E-state index is 12.6. The van der Waals surface area contributed by atoms with Crippen LogP contribution in [0.2, 0.25) is 0 Å². The first-order valence-corrected chi connectivity index (χ1v) is 8.74. The van der Waals surface area contributed by atoms with E-state index in [2.05, 4.69) is 11.6 Å². The van der Waals surface area contributed by atoms with Gasteiger partial charge in [0.1, 0.15) is 10.6 Å². The summed E-state index contributed by atoms with van der Waals surface area (Å²) < 4.78 is 33.1. The lowest BCUT2D eigenvalue weighted by atomic mass is 9.88. The Kier molecular flexibility index (Phi) is 5.24. The number of sulfonamides is 1. The SMILES string of the molecule is COc1ccc(CO)cc1S(=O)(=O)NC1CCCC(C)C1. The normalized spacial score (nSPS) is 23.0. The van der Waals surface area contributed by atoms with Crippen LogP contribution in [0.25, 0.3) is 0 Å². The summed E-state index contributed by atoms with van der Waals surface area (Å²) in [5.74, 6) is 0.834. The van der Waals surface area contributed by atoms with Crippen molar-refractivity contribution in [2.24, 2.45) is 5.92 Å². The zero-order valence-electron chi connectivity index (χ0n) is 12.5. The van der Waals surface area contributed by atoms with E-state index in [0.717, 1.165) is 25.7 Å². The zero-order chi connectivity index (χ0) is 15.5. The Labute approximate surface area is 126 Å². The minimum Gasteiger partial charge on any atom is -0.495 e. The van der Waals surface area contributed by atoms with Gasteiger partial charge >= 0.3 is 0 Å². The molecule has 2 unspecified atom stereocenters. The van der Waals surface area contributed by atoms with Gasteiger partial charge in [-0.1, -0.05) is 25.8 Å². The van der Waals surface area contributed by atoms with Crippen molar-refractivity contribution in [1.29, 1.82) is 0 Å². The third-order valence-corrected chi connectivity index (χ3v) is 5.50. The fraction of sp³-hybridized carbons (Fsp3) is 0.600. The smallest absolute Gasteiger partial charge is 0.244 e. The van der Waals surface area contributed by atoms with Gasteiger partial charge in [-0.3, -0.25) is 0 Å². The number of ether oxygens (including phenoxy) is 1. The Balaban J connectivity index is 2.26. The van der Waals surface area contributed by atoms with Crippen molar-refractivity contribution in [2.45, 2.75) is 50.2 Å². The first kappa shape index (κ1) is 16.3. The third kappa shape index (κ3) is 3.96. The lowest BCUT2D eigenvalue weighted by molar-refractivity contribution is 0.281. The molecule has 1 aromatic rings. The van der Waals surface area contributed by atoms with Crippen LogP contribution in [0.1, 0.15) is 38.2 Å². The van der Waals surface area contributed by atoms with Crippen molar-refractivity contribution < 1.29 is 18.3 Å². The van der Waals surface area contributed by atoms with Crippen LogP contribution in [-0.2, 0) is 16.6 Å². The number of methoxy groups -OCH3 is 1. The van der Waals surface area contributed by atoms with E-state index in [9.17, 15) is 13.5 Å². The highest BCUT2D eigenvalue weighted by atomic mass is 32.2. The number of aliphatic hydroxyl groups excluding tert-OH is 1. The maximum atomic E-state index is 12.6. The van der Waals surface area contributed by atoms with Crippen molar-refractivity contribution in [3.05, 3.63) is 23.8 Å². The van der Waals surface area contributed by atoms with Crippen LogP contribution < -0.4 is 9.46 Å². The number of aliphatic hydroxyl groups is 1. The molecule has 21 heavy (non-hydrogen) atoms. The number of hydrogen-bond acceptors (Lipinski definition) is 4. The molecule has 118 valence electrons. The highest BCUT2D eigenvalue weighted by molar-refractivity contribution is 7.89. The van der Waals surface area contributed by atoms with Crippen molar-refractivity contribution in [2.75, 3.05) is 7.11 Å². The Morgan fingerprint density at radius 3 is 2.76 bits per heavy atom. The molecule has 1 aromatic carbocycles. The maximum Gasteiger partial charge on any atom is 0.244 e. The second-order valence-corrected chi connectivity index (χ2v) is 7.42. The van der Waals surface area contributed by atoms with Gasteiger partial charge in [0, 0.05) is 6.04 Å². The summed E-state index contributed by atoms with van der Waals surface area (Å²) in [4.78, 5) is 0.0924. The largest absolute Gasteiger partial charge is 0.495 e. The average molecular weight is 313 g/mol. The topological polar surface area (TPSA) is 75.6 Å². The molecule has 0 spiro atoms. The Hall–Kier alpha value is -1.11. The van der Waals surface area contributed by atoms with E-state index in [1.807, 2.05) is 0 Å². The molecule has 2 atom stereocenters. The van der Waals surface area contributed by atoms with Gasteiger partial charge in [0.05, 0.1) is 13.7 Å². The lowest BCUT2D eigenvalue weighted by Gasteiger charge is -2.27. The van der Waals surface area contributed by atoms with Crippen LogP contribution in [-0.4, -0.2) is 26.7 Å². The highest BCUT2D eigenvalue weighted by Gasteiger charge is 2.27. The molecule has 1 fully saturated rings. The van der Waals surface area contributed by atoms with Gasteiger partial charge < -0.3 is 9.84 Å². The molecule has 0 aliphatic heterocycles. The predicted octanol–water partition coefficient (Wildman–Crippen LogP) is 2.04. The molecule has 0 heterocycles. The van der Waals surface area contributed by atoms with E-state index in [-0.39, 0.29) is 17.5 Å². The molecule has 0 bridgehead atoms. The molecule has 0 saturated heterocycles. The summed E-state index contributed by atoms with van der Waals surface area (Å²) in [5.41, 5.74) is 0.549. The van der Waals surface area contributed by atoms with Crippen molar-refractivity contribution >= 4 is 10.0 Å². The van der Waals surface area contributed by atoms with Gasteiger partial charge in [0.2, 0.25) is 10.0 Å². The van der Waals surface area contributed by atoms with Crippen LogP contribution in [0, 0.1) is 5.92 Å². The van der Waals surface area contributed by atoms with Gasteiger partial charge in [0.15, 0.2) is 0 Å². The lowest BCUT2D eigenvalue weighted by Crippen LogP contribution is -2.38. The van der Waals surface area contributed by atoms with Gasteiger partial charge in [-0.15, -0.1) is 0 Å². The molecule has 6 heteroatoms. The summed E-state index contributed by atoms with van der Waals surface area (Å²) in [6.45, 7) is 1.94. The second-order valence-electron chi connectivity index (χ2n) is 5.73. The number of rotatable bonds is 5. The fourth-order valence-electron chi connectivity index (χ4n) is 2.85. The first-order valence-electron chi connectivity index (χ1n) is 7.26. The summed E-state index contributed by atoms with van der Waals surface area (Å²) in [6.07, 6.45) is 3.93. The van der Waals surface area contributed by atoms with E-state index in [4.69, 9.17) is 4.74 Å². The Morgan fingerprint density at radius 2 is 2.14 bits per heavy atom. The summed E-state index contributed by atoms with van der Waals surface area (Å²) in [6, 6.07) is 4.67. The Morgan fingerprint density at radius 1 is 1.38 bits per heavy atom. The fourth-order valence-corrected chi connectivity index (χ4v) is 4.36. The van der Waals surface area contributed by atoms with Crippen molar-refractivity contribution in [3.63, 3.8) is 0 Å². The van der Waals surface area contributed by atoms with E-state index in [1.165, 1.54) is 13.2 Å². The summed E-state index contributed by atoms with van der Waals surface area (Å²) >= 11 is 0. The first-order chi connectivity index (χ1) is 9.96. The van der Waals surface area contributed by atoms with Gasteiger partial charge in [-0.2, -0.15) is 0 Å². The van der Waals surface area contributed by atoms with Crippen LogP contribution in [0.4, 0.5) is 0 Å². The van der Waals surface area contributed by atoms with E-state index in [1.54, 1.807) is 12.1 Å². The van der Waals surface area contributed by atoms with Crippen LogP contribution in [0.5, 0.6) is 5.75 Å². The van der Waals surface area contributed by atoms with E-state index >= 15 is 0 Å². The van der Waals surface area contributed by atoms with Crippen LogP contribution in [0.3, 0.4) is 0 Å². The third-order valence-electron chi connectivity index (χ3n) is 3.96.